The van der Waals surface area contributed by atoms with E-state index in [1.165, 1.54) is 19.3 Å². The minimum Gasteiger partial charge on any atom is -0.354 e. The molecular formula is C16H31N5O. The van der Waals surface area contributed by atoms with Crippen LogP contribution in [0.5, 0.6) is 0 Å². The van der Waals surface area contributed by atoms with E-state index in [-0.39, 0.29) is 18.5 Å². The second-order valence-corrected chi connectivity index (χ2v) is 6.86. The van der Waals surface area contributed by atoms with Crippen molar-refractivity contribution in [2.75, 3.05) is 20.6 Å². The Balaban J connectivity index is 1.80. The van der Waals surface area contributed by atoms with E-state index in [9.17, 15) is 4.79 Å². The molecule has 2 fully saturated rings. The lowest BCUT2D eigenvalue weighted by Crippen LogP contribution is -2.57. The van der Waals surface area contributed by atoms with Gasteiger partial charge in [-0.3, -0.25) is 9.79 Å². The van der Waals surface area contributed by atoms with E-state index < -0.39 is 0 Å². The van der Waals surface area contributed by atoms with Crippen LogP contribution in [0.1, 0.15) is 46.0 Å². The number of piperidine rings is 2. The van der Waals surface area contributed by atoms with Gasteiger partial charge >= 0.3 is 0 Å². The second-order valence-electron chi connectivity index (χ2n) is 6.86. The number of aliphatic imine (C=N–C) groups is 1. The molecule has 2 atom stereocenters. The zero-order chi connectivity index (χ0) is 16.1. The summed E-state index contributed by atoms with van der Waals surface area (Å²) in [5, 5.41) is 9.48. The molecular weight excluding hydrogens is 278 g/mol. The highest BCUT2D eigenvalue weighted by Gasteiger charge is 2.36. The van der Waals surface area contributed by atoms with Crippen LogP contribution >= 0.6 is 0 Å². The first-order valence-electron chi connectivity index (χ1n) is 8.48. The highest BCUT2D eigenvalue weighted by atomic mass is 16.1. The number of rotatable bonds is 4. The van der Waals surface area contributed by atoms with E-state index in [1.807, 2.05) is 13.8 Å². The number of guanidine groups is 1. The maximum absolute atomic E-state index is 11.7. The maximum atomic E-state index is 11.7. The van der Waals surface area contributed by atoms with Crippen molar-refractivity contribution >= 4 is 11.9 Å². The fourth-order valence-electron chi connectivity index (χ4n) is 3.66. The van der Waals surface area contributed by atoms with E-state index in [0.717, 1.165) is 18.8 Å². The molecule has 2 rings (SSSR count). The van der Waals surface area contributed by atoms with Crippen LogP contribution in [0, 0.1) is 0 Å². The van der Waals surface area contributed by atoms with Gasteiger partial charge in [0.25, 0.3) is 0 Å². The predicted molar refractivity (Wildman–Crippen MR) is 90.0 cm³/mol. The van der Waals surface area contributed by atoms with E-state index in [4.69, 9.17) is 0 Å². The van der Waals surface area contributed by atoms with Crippen LogP contribution in [0.2, 0.25) is 0 Å². The van der Waals surface area contributed by atoms with Gasteiger partial charge in [0.1, 0.15) is 0 Å². The largest absolute Gasteiger partial charge is 0.354 e. The van der Waals surface area contributed by atoms with Crippen LogP contribution in [-0.4, -0.2) is 61.6 Å². The quantitative estimate of drug-likeness (QED) is 0.528. The summed E-state index contributed by atoms with van der Waals surface area (Å²) in [6, 6.07) is 1.99. The minimum atomic E-state index is -0.00167. The zero-order valence-corrected chi connectivity index (χ0v) is 14.4. The smallest absolute Gasteiger partial charge is 0.239 e. The van der Waals surface area contributed by atoms with Crippen LogP contribution in [0.3, 0.4) is 0 Å². The van der Waals surface area contributed by atoms with Gasteiger partial charge in [-0.25, -0.2) is 0 Å². The molecule has 0 aromatic rings. The Morgan fingerprint density at radius 1 is 1.27 bits per heavy atom. The molecule has 2 heterocycles. The lowest BCUT2D eigenvalue weighted by atomic mass is 9.82. The fourth-order valence-corrected chi connectivity index (χ4v) is 3.66. The molecule has 2 unspecified atom stereocenters. The van der Waals surface area contributed by atoms with Crippen molar-refractivity contribution in [3.8, 4) is 0 Å². The van der Waals surface area contributed by atoms with E-state index >= 15 is 0 Å². The number of carbonyl (C=O) groups excluding carboxylic acids is 1. The van der Waals surface area contributed by atoms with Gasteiger partial charge in [0.2, 0.25) is 5.91 Å². The van der Waals surface area contributed by atoms with Gasteiger partial charge in [-0.05, 0) is 46.6 Å². The number of nitrogens with zero attached hydrogens (tertiary/aromatic N) is 2. The summed E-state index contributed by atoms with van der Waals surface area (Å²) in [7, 11) is 4.01. The predicted octanol–water partition coefficient (Wildman–Crippen LogP) is 0.691. The first-order chi connectivity index (χ1) is 10.5. The monoisotopic (exact) mass is 309 g/mol. The molecule has 22 heavy (non-hydrogen) atoms. The van der Waals surface area contributed by atoms with Crippen molar-refractivity contribution in [3.63, 3.8) is 0 Å². The average molecular weight is 309 g/mol. The Hall–Kier alpha value is -1.30. The van der Waals surface area contributed by atoms with Crippen molar-refractivity contribution in [2.24, 2.45) is 4.99 Å². The standard InChI is InChI=1S/C16H31N5O/c1-11(2)19-15(22)10-18-16(17-3)20-12-8-13-6-5-7-14(9-12)21(13)4/h11-14H,5-10H2,1-4H3,(H,19,22)(H2,17,18,20). The second kappa shape index (κ2) is 7.81. The third kappa shape index (κ3) is 4.60. The molecule has 6 heteroatoms. The van der Waals surface area contributed by atoms with E-state index in [1.54, 1.807) is 7.05 Å². The number of amides is 1. The lowest BCUT2D eigenvalue weighted by Gasteiger charge is -2.47. The van der Waals surface area contributed by atoms with Crippen molar-refractivity contribution < 1.29 is 4.79 Å². The molecule has 0 spiro atoms. The molecule has 0 aromatic heterocycles. The summed E-state index contributed by atoms with van der Waals surface area (Å²) in [6.45, 7) is 4.18. The Bertz CT molecular complexity index is 395. The Labute approximate surface area is 134 Å². The third-order valence-electron chi connectivity index (χ3n) is 4.77. The molecule has 0 aliphatic carbocycles. The molecule has 2 aliphatic rings. The van der Waals surface area contributed by atoms with Gasteiger partial charge in [0, 0.05) is 31.2 Å². The van der Waals surface area contributed by atoms with Gasteiger partial charge in [0.15, 0.2) is 5.96 Å². The topological polar surface area (TPSA) is 68.8 Å². The van der Waals surface area contributed by atoms with E-state index in [2.05, 4.69) is 32.9 Å². The van der Waals surface area contributed by atoms with Gasteiger partial charge in [-0.2, -0.15) is 0 Å². The Morgan fingerprint density at radius 3 is 2.45 bits per heavy atom. The molecule has 2 aliphatic heterocycles. The number of hydrogen-bond acceptors (Lipinski definition) is 3. The van der Waals surface area contributed by atoms with Crippen LogP contribution in [0.4, 0.5) is 0 Å². The van der Waals surface area contributed by atoms with Gasteiger partial charge < -0.3 is 20.9 Å². The molecule has 0 radical (unpaired) electrons. The molecule has 6 nitrogen and oxygen atoms in total. The Morgan fingerprint density at radius 2 is 1.91 bits per heavy atom. The summed E-state index contributed by atoms with van der Waals surface area (Å²) in [4.78, 5) is 18.5. The summed E-state index contributed by atoms with van der Waals surface area (Å²) < 4.78 is 0. The fraction of sp³-hybridized carbons (Fsp3) is 0.875. The summed E-state index contributed by atoms with van der Waals surface area (Å²) in [5.41, 5.74) is 0. The summed E-state index contributed by atoms with van der Waals surface area (Å²) in [5.74, 6) is 0.727. The summed E-state index contributed by atoms with van der Waals surface area (Å²) in [6.07, 6.45) is 6.27. The van der Waals surface area contributed by atoms with Crippen LogP contribution < -0.4 is 16.0 Å². The number of fused-ring (bicyclic) bond motifs is 2. The maximum Gasteiger partial charge on any atom is 0.239 e. The number of hydrogen-bond donors (Lipinski definition) is 3. The summed E-state index contributed by atoms with van der Waals surface area (Å²) >= 11 is 0. The van der Waals surface area contributed by atoms with Crippen molar-refractivity contribution in [3.05, 3.63) is 0 Å². The molecule has 2 saturated heterocycles. The minimum absolute atomic E-state index is 0.00167. The van der Waals surface area contributed by atoms with E-state index in [0.29, 0.717) is 18.1 Å². The first kappa shape index (κ1) is 17.1. The Kier molecular flexibility index (Phi) is 6.06. The number of carbonyl (C=O) groups is 1. The molecule has 2 bridgehead atoms. The average Bonchev–Trinajstić information content (AvgIpc) is 2.43. The molecule has 0 saturated carbocycles. The number of nitrogens with one attached hydrogen (secondary N) is 3. The third-order valence-corrected chi connectivity index (χ3v) is 4.77. The van der Waals surface area contributed by atoms with Crippen LogP contribution in [-0.2, 0) is 4.79 Å². The van der Waals surface area contributed by atoms with Gasteiger partial charge in [-0.1, -0.05) is 6.42 Å². The molecule has 1 amide bonds. The molecule has 3 N–H and O–H groups in total. The molecule has 126 valence electrons. The van der Waals surface area contributed by atoms with Crippen molar-refractivity contribution in [1.29, 1.82) is 0 Å². The van der Waals surface area contributed by atoms with Gasteiger partial charge in [-0.15, -0.1) is 0 Å². The lowest BCUT2D eigenvalue weighted by molar-refractivity contribution is -0.120. The first-order valence-corrected chi connectivity index (χ1v) is 8.48. The van der Waals surface area contributed by atoms with Crippen molar-refractivity contribution in [1.82, 2.24) is 20.9 Å². The van der Waals surface area contributed by atoms with Crippen molar-refractivity contribution in [2.45, 2.75) is 70.1 Å². The highest BCUT2D eigenvalue weighted by Crippen LogP contribution is 2.32. The zero-order valence-electron chi connectivity index (χ0n) is 14.4. The normalized spacial score (nSPS) is 29.3. The SMILES string of the molecule is CN=C(NCC(=O)NC(C)C)NC1CC2CCCC(C1)N2C. The van der Waals surface area contributed by atoms with Crippen LogP contribution in [0.25, 0.3) is 0 Å². The van der Waals surface area contributed by atoms with Crippen LogP contribution in [0.15, 0.2) is 4.99 Å². The van der Waals surface area contributed by atoms with Gasteiger partial charge in [0.05, 0.1) is 6.54 Å². The highest BCUT2D eigenvalue weighted by molar-refractivity contribution is 5.86. The molecule has 0 aromatic carbocycles.